The van der Waals surface area contributed by atoms with Crippen LogP contribution in [0.3, 0.4) is 0 Å². The molecule has 0 saturated carbocycles. The zero-order valence-electron chi connectivity index (χ0n) is 7.63. The van der Waals surface area contributed by atoms with Gasteiger partial charge in [0.05, 0.1) is 6.61 Å². The predicted molar refractivity (Wildman–Crippen MR) is 49.9 cm³/mol. The van der Waals surface area contributed by atoms with Crippen LogP contribution in [0.5, 0.6) is 0 Å². The van der Waals surface area contributed by atoms with Crippen LogP contribution in [0, 0.1) is 12.7 Å². The lowest BCUT2D eigenvalue weighted by molar-refractivity contribution is 0.264. The lowest BCUT2D eigenvalue weighted by Gasteiger charge is -2.09. The molecule has 1 aromatic rings. The summed E-state index contributed by atoms with van der Waals surface area (Å²) in [4.78, 5) is 0. The van der Waals surface area contributed by atoms with Crippen molar-refractivity contribution in [3.05, 3.63) is 35.1 Å². The van der Waals surface area contributed by atoms with Gasteiger partial charge >= 0.3 is 0 Å². The number of rotatable bonds is 3. The van der Waals surface area contributed by atoms with Crippen molar-refractivity contribution in [2.75, 3.05) is 6.61 Å². The third-order valence-corrected chi connectivity index (χ3v) is 1.92. The molecule has 3 N–H and O–H groups in total. The van der Waals surface area contributed by atoms with Crippen LogP contribution in [0.4, 0.5) is 4.39 Å². The molecule has 0 aliphatic carbocycles. The maximum atomic E-state index is 13.1. The van der Waals surface area contributed by atoms with Crippen molar-refractivity contribution < 1.29 is 9.50 Å². The highest BCUT2D eigenvalue weighted by Crippen LogP contribution is 2.11. The number of hydrogen-bond acceptors (Lipinski definition) is 2. The van der Waals surface area contributed by atoms with E-state index in [2.05, 4.69) is 0 Å². The standard InChI is InChI=1S/C10H14FNO/c1-7-2-3-10(11)8(4-7)5-9(12)6-13/h2-4,9,13H,5-6,12H2,1H3. The highest BCUT2D eigenvalue weighted by Gasteiger charge is 2.06. The Labute approximate surface area is 77.2 Å². The van der Waals surface area contributed by atoms with Crippen LogP contribution in [0.1, 0.15) is 11.1 Å². The molecule has 1 aromatic carbocycles. The van der Waals surface area contributed by atoms with Gasteiger partial charge in [0.15, 0.2) is 0 Å². The van der Waals surface area contributed by atoms with E-state index < -0.39 is 0 Å². The summed E-state index contributed by atoms with van der Waals surface area (Å²) < 4.78 is 13.1. The highest BCUT2D eigenvalue weighted by molar-refractivity contribution is 5.24. The average Bonchev–Trinajstić information content (AvgIpc) is 2.11. The smallest absolute Gasteiger partial charge is 0.126 e. The number of nitrogens with two attached hydrogens (primary N) is 1. The van der Waals surface area contributed by atoms with Crippen molar-refractivity contribution in [1.82, 2.24) is 0 Å². The van der Waals surface area contributed by atoms with E-state index in [0.717, 1.165) is 5.56 Å². The molecular formula is C10H14FNO. The van der Waals surface area contributed by atoms with Gasteiger partial charge in [-0.25, -0.2) is 4.39 Å². The Morgan fingerprint density at radius 2 is 2.23 bits per heavy atom. The van der Waals surface area contributed by atoms with Crippen LogP contribution in [-0.2, 0) is 6.42 Å². The van der Waals surface area contributed by atoms with E-state index in [4.69, 9.17) is 10.8 Å². The molecule has 0 spiro atoms. The van der Waals surface area contributed by atoms with Gasteiger partial charge in [-0.2, -0.15) is 0 Å². The summed E-state index contributed by atoms with van der Waals surface area (Å²) in [5.74, 6) is -0.255. The topological polar surface area (TPSA) is 46.2 Å². The molecule has 0 heterocycles. The van der Waals surface area contributed by atoms with E-state index in [1.807, 2.05) is 6.92 Å². The van der Waals surface area contributed by atoms with Gasteiger partial charge in [-0.1, -0.05) is 17.7 Å². The minimum Gasteiger partial charge on any atom is -0.395 e. The minimum absolute atomic E-state index is 0.118. The number of aliphatic hydroxyl groups excluding tert-OH is 1. The van der Waals surface area contributed by atoms with E-state index in [9.17, 15) is 4.39 Å². The fourth-order valence-electron chi connectivity index (χ4n) is 1.21. The van der Waals surface area contributed by atoms with Crippen molar-refractivity contribution in [2.45, 2.75) is 19.4 Å². The lowest BCUT2D eigenvalue weighted by Crippen LogP contribution is -2.27. The van der Waals surface area contributed by atoms with Crippen LogP contribution in [0.2, 0.25) is 0 Å². The summed E-state index contributed by atoms with van der Waals surface area (Å²) >= 11 is 0. The summed E-state index contributed by atoms with van der Waals surface area (Å²) in [6.45, 7) is 1.78. The van der Waals surface area contributed by atoms with Crippen molar-refractivity contribution in [2.24, 2.45) is 5.73 Å². The lowest BCUT2D eigenvalue weighted by atomic mass is 10.0. The fourth-order valence-corrected chi connectivity index (χ4v) is 1.21. The van der Waals surface area contributed by atoms with Gasteiger partial charge in [0.1, 0.15) is 5.82 Å². The molecule has 13 heavy (non-hydrogen) atoms. The largest absolute Gasteiger partial charge is 0.395 e. The van der Waals surface area contributed by atoms with Gasteiger partial charge in [-0.3, -0.25) is 0 Å². The number of hydrogen-bond donors (Lipinski definition) is 2. The Morgan fingerprint density at radius 1 is 1.54 bits per heavy atom. The summed E-state index contributed by atoms with van der Waals surface area (Å²) in [7, 11) is 0. The number of aryl methyl sites for hydroxylation is 1. The van der Waals surface area contributed by atoms with Gasteiger partial charge in [0.25, 0.3) is 0 Å². The molecule has 1 rings (SSSR count). The van der Waals surface area contributed by atoms with Crippen LogP contribution >= 0.6 is 0 Å². The molecule has 0 amide bonds. The molecule has 0 aromatic heterocycles. The average molecular weight is 183 g/mol. The number of aliphatic hydroxyl groups is 1. The minimum atomic E-state index is -0.378. The monoisotopic (exact) mass is 183 g/mol. The first-order valence-electron chi connectivity index (χ1n) is 4.25. The van der Waals surface area contributed by atoms with Gasteiger partial charge in [0.2, 0.25) is 0 Å². The summed E-state index contributed by atoms with van der Waals surface area (Å²) in [5, 5.41) is 8.71. The quantitative estimate of drug-likeness (QED) is 0.734. The molecule has 0 aliphatic rings. The summed E-state index contributed by atoms with van der Waals surface area (Å²) in [5.41, 5.74) is 7.08. The van der Waals surface area contributed by atoms with Crippen LogP contribution < -0.4 is 5.73 Å². The molecular weight excluding hydrogens is 169 g/mol. The van der Waals surface area contributed by atoms with Crippen LogP contribution in [0.15, 0.2) is 18.2 Å². The van der Waals surface area contributed by atoms with Gasteiger partial charge in [-0.05, 0) is 25.0 Å². The van der Waals surface area contributed by atoms with Crippen LogP contribution in [-0.4, -0.2) is 17.8 Å². The molecule has 3 heteroatoms. The van der Waals surface area contributed by atoms with Crippen molar-refractivity contribution in [1.29, 1.82) is 0 Å². The Balaban J connectivity index is 2.81. The van der Waals surface area contributed by atoms with Crippen molar-refractivity contribution in [3.8, 4) is 0 Å². The van der Waals surface area contributed by atoms with E-state index in [1.165, 1.54) is 6.07 Å². The zero-order chi connectivity index (χ0) is 9.84. The third-order valence-electron chi connectivity index (χ3n) is 1.92. The Bertz CT molecular complexity index is 288. The van der Waals surface area contributed by atoms with E-state index in [0.29, 0.717) is 12.0 Å². The Hall–Kier alpha value is -0.930. The maximum Gasteiger partial charge on any atom is 0.126 e. The number of benzene rings is 1. The molecule has 0 bridgehead atoms. The zero-order valence-corrected chi connectivity index (χ0v) is 7.63. The summed E-state index contributed by atoms with van der Waals surface area (Å²) in [6, 6.07) is 4.51. The van der Waals surface area contributed by atoms with E-state index in [1.54, 1.807) is 12.1 Å². The normalized spacial score (nSPS) is 12.9. The maximum absolute atomic E-state index is 13.1. The first-order valence-corrected chi connectivity index (χ1v) is 4.25. The molecule has 1 atom stereocenters. The number of halogens is 1. The molecule has 1 unspecified atom stereocenters. The molecule has 0 aliphatic heterocycles. The second-order valence-corrected chi connectivity index (χ2v) is 3.24. The molecule has 0 radical (unpaired) electrons. The fraction of sp³-hybridized carbons (Fsp3) is 0.400. The van der Waals surface area contributed by atoms with Gasteiger partial charge < -0.3 is 10.8 Å². The summed E-state index contributed by atoms with van der Waals surface area (Å²) in [6.07, 6.45) is 0.379. The predicted octanol–water partition coefficient (Wildman–Crippen LogP) is 0.996. The second kappa shape index (κ2) is 4.35. The first kappa shape index (κ1) is 10.2. The molecule has 72 valence electrons. The Kier molecular flexibility index (Phi) is 3.39. The van der Waals surface area contributed by atoms with Crippen LogP contribution in [0.25, 0.3) is 0 Å². The molecule has 0 fully saturated rings. The van der Waals surface area contributed by atoms with E-state index in [-0.39, 0.29) is 18.5 Å². The highest BCUT2D eigenvalue weighted by atomic mass is 19.1. The SMILES string of the molecule is Cc1ccc(F)c(CC(N)CO)c1. The second-order valence-electron chi connectivity index (χ2n) is 3.24. The van der Waals surface area contributed by atoms with E-state index >= 15 is 0 Å². The molecule has 2 nitrogen and oxygen atoms in total. The van der Waals surface area contributed by atoms with Gasteiger partial charge in [-0.15, -0.1) is 0 Å². The van der Waals surface area contributed by atoms with Gasteiger partial charge in [0, 0.05) is 6.04 Å². The first-order chi connectivity index (χ1) is 6.13. The third kappa shape index (κ3) is 2.79. The van der Waals surface area contributed by atoms with Crippen molar-refractivity contribution >= 4 is 0 Å². The Morgan fingerprint density at radius 3 is 2.85 bits per heavy atom. The molecule has 0 saturated heterocycles. The van der Waals surface area contributed by atoms with Crippen molar-refractivity contribution in [3.63, 3.8) is 0 Å².